The average molecular weight is 727 g/mol. The molecule has 0 radical (unpaired) electrons. The molecular formula is C38H43FN8O6. The Morgan fingerprint density at radius 1 is 0.981 bits per heavy atom. The topological polar surface area (TPSA) is 162 Å². The zero-order valence-corrected chi connectivity index (χ0v) is 30.0. The maximum atomic E-state index is 15.8. The molecule has 3 aliphatic heterocycles. The summed E-state index contributed by atoms with van der Waals surface area (Å²) in [4.78, 5) is 68.5. The highest BCUT2D eigenvalue weighted by Crippen LogP contribution is 2.35. The number of hydrogen-bond acceptors (Lipinski definition) is 8. The second-order valence-corrected chi connectivity index (χ2v) is 14.1. The molecule has 53 heavy (non-hydrogen) atoms. The summed E-state index contributed by atoms with van der Waals surface area (Å²) < 4.78 is 22.7. The van der Waals surface area contributed by atoms with E-state index in [1.807, 2.05) is 24.1 Å². The fourth-order valence-electron chi connectivity index (χ4n) is 7.77. The van der Waals surface area contributed by atoms with Crippen molar-refractivity contribution in [3.8, 4) is 16.9 Å². The minimum absolute atomic E-state index is 0.0366. The molecule has 14 nitrogen and oxygen atoms in total. The number of methoxy groups -OCH3 is 1. The van der Waals surface area contributed by atoms with Gasteiger partial charge in [-0.1, -0.05) is 12.1 Å². The summed E-state index contributed by atoms with van der Waals surface area (Å²) in [6.45, 7) is 1.97. The molecular weight excluding hydrogens is 683 g/mol. The van der Waals surface area contributed by atoms with Gasteiger partial charge >= 0.3 is 6.03 Å². The standard InChI is InChI=1S/C38H43FN8O6/c1-44-21-28(27-20-40-43-34(27)37(44)51)24-18-29(39)33(31(19-24)53-3)36(50)46-16-12-26(13-17-46)45(2)38(52)47-14-10-23(11-15-47)22-4-6-25(7-5-22)41-30-8-9-32(48)42-35(30)49/h4-7,18-21,23,26,30,41H,8-17H2,1-3H3,(H,40,43)(H,42,48,49). The smallest absolute Gasteiger partial charge is 0.319 e. The van der Waals surface area contributed by atoms with Gasteiger partial charge in [-0.2, -0.15) is 5.10 Å². The fraction of sp³-hybridized carbons (Fsp3) is 0.421. The Balaban J connectivity index is 0.926. The first-order valence-corrected chi connectivity index (χ1v) is 17.9. The predicted molar refractivity (Wildman–Crippen MR) is 195 cm³/mol. The number of ether oxygens (including phenoxy) is 1. The van der Waals surface area contributed by atoms with Crippen molar-refractivity contribution in [1.82, 2.24) is 34.8 Å². The molecule has 2 aromatic carbocycles. The number of carbonyl (C=O) groups is 4. The number of imide groups is 1. The number of piperidine rings is 3. The van der Waals surface area contributed by atoms with E-state index in [-0.39, 0.29) is 40.8 Å². The van der Waals surface area contributed by atoms with Crippen LogP contribution in [0.15, 0.2) is 53.6 Å². The molecule has 278 valence electrons. The highest BCUT2D eigenvalue weighted by atomic mass is 19.1. The molecule has 7 rings (SSSR count). The van der Waals surface area contributed by atoms with Gasteiger partial charge in [0.25, 0.3) is 11.5 Å². The van der Waals surface area contributed by atoms with Gasteiger partial charge in [0.1, 0.15) is 28.7 Å². The highest BCUT2D eigenvalue weighted by Gasteiger charge is 2.34. The van der Waals surface area contributed by atoms with Crippen LogP contribution >= 0.6 is 0 Å². The number of fused-ring (bicyclic) bond motifs is 1. The maximum Gasteiger partial charge on any atom is 0.319 e. The number of pyridine rings is 1. The van der Waals surface area contributed by atoms with Crippen molar-refractivity contribution < 1.29 is 28.3 Å². The normalized spacial score (nSPS) is 18.6. The van der Waals surface area contributed by atoms with Crippen LogP contribution in [-0.4, -0.2) is 106 Å². The van der Waals surface area contributed by atoms with Gasteiger partial charge < -0.3 is 29.3 Å². The summed E-state index contributed by atoms with van der Waals surface area (Å²) >= 11 is 0. The van der Waals surface area contributed by atoms with Crippen LogP contribution in [0.1, 0.15) is 60.4 Å². The monoisotopic (exact) mass is 726 g/mol. The molecule has 3 fully saturated rings. The zero-order valence-electron chi connectivity index (χ0n) is 30.0. The summed E-state index contributed by atoms with van der Waals surface area (Å²) in [7, 11) is 4.80. The summed E-state index contributed by atoms with van der Waals surface area (Å²) in [6, 6.07) is 10.4. The van der Waals surface area contributed by atoms with Crippen molar-refractivity contribution >= 4 is 40.3 Å². The molecule has 0 aliphatic carbocycles. The van der Waals surface area contributed by atoms with Gasteiger partial charge in [-0.05, 0) is 73.4 Å². The van der Waals surface area contributed by atoms with Crippen molar-refractivity contribution in [3.05, 3.63) is 76.1 Å². The third-order valence-electron chi connectivity index (χ3n) is 10.9. The average Bonchev–Trinajstić information content (AvgIpc) is 3.67. The number of likely N-dealkylation sites (tertiary alicyclic amines) is 2. The van der Waals surface area contributed by atoms with Crippen molar-refractivity contribution in [2.24, 2.45) is 7.05 Å². The van der Waals surface area contributed by atoms with Crippen LogP contribution in [0.2, 0.25) is 0 Å². The van der Waals surface area contributed by atoms with Crippen LogP contribution in [0.25, 0.3) is 22.0 Å². The Labute approximate surface area is 305 Å². The number of aryl methyl sites for hydroxylation is 1. The van der Waals surface area contributed by atoms with E-state index in [0.717, 1.165) is 18.5 Å². The van der Waals surface area contributed by atoms with Crippen LogP contribution in [0.4, 0.5) is 14.9 Å². The Morgan fingerprint density at radius 3 is 2.36 bits per heavy atom. The second kappa shape index (κ2) is 14.7. The van der Waals surface area contributed by atoms with E-state index < -0.39 is 17.8 Å². The number of H-pyrrole nitrogens is 1. The lowest BCUT2D eigenvalue weighted by molar-refractivity contribution is -0.133. The van der Waals surface area contributed by atoms with Gasteiger partial charge in [-0.25, -0.2) is 9.18 Å². The van der Waals surface area contributed by atoms with Gasteiger partial charge in [-0.3, -0.25) is 29.6 Å². The summed E-state index contributed by atoms with van der Waals surface area (Å²) in [5.74, 6) is -1.35. The Morgan fingerprint density at radius 2 is 1.68 bits per heavy atom. The van der Waals surface area contributed by atoms with Gasteiger partial charge in [-0.15, -0.1) is 0 Å². The van der Waals surface area contributed by atoms with Gasteiger partial charge in [0.05, 0.1) is 13.3 Å². The first kappa shape index (κ1) is 35.7. The van der Waals surface area contributed by atoms with Gasteiger partial charge in [0, 0.05) is 75.6 Å². The number of nitrogens with zero attached hydrogens (tertiary/aromatic N) is 5. The summed E-state index contributed by atoms with van der Waals surface area (Å²) in [6.07, 6.45) is 6.67. The summed E-state index contributed by atoms with van der Waals surface area (Å²) in [5, 5.41) is 12.8. The first-order chi connectivity index (χ1) is 25.5. The minimum atomic E-state index is -0.729. The number of aromatic amines is 1. The molecule has 2 aromatic heterocycles. The van der Waals surface area contributed by atoms with E-state index >= 15 is 4.39 Å². The number of carbonyl (C=O) groups excluding carboxylic acids is 4. The van der Waals surface area contributed by atoms with E-state index in [9.17, 15) is 24.0 Å². The van der Waals surface area contributed by atoms with Crippen LogP contribution in [0, 0.1) is 5.82 Å². The summed E-state index contributed by atoms with van der Waals surface area (Å²) in [5.41, 5.74) is 2.89. The third kappa shape index (κ3) is 7.07. The molecule has 0 saturated carbocycles. The molecule has 1 atom stereocenters. The van der Waals surface area contributed by atoms with E-state index in [1.54, 1.807) is 29.1 Å². The predicted octanol–water partition coefficient (Wildman–Crippen LogP) is 3.83. The number of urea groups is 1. The molecule has 4 aromatic rings. The van der Waals surface area contributed by atoms with E-state index in [2.05, 4.69) is 33.0 Å². The Bertz CT molecular complexity index is 2120. The van der Waals surface area contributed by atoms with Gasteiger partial charge in [0.2, 0.25) is 11.8 Å². The molecule has 0 spiro atoms. The van der Waals surface area contributed by atoms with Crippen molar-refractivity contribution in [1.29, 1.82) is 0 Å². The lowest BCUT2D eigenvalue weighted by Crippen LogP contribution is -2.52. The van der Waals surface area contributed by atoms with Crippen LogP contribution in [0.5, 0.6) is 5.75 Å². The third-order valence-corrected chi connectivity index (χ3v) is 10.9. The Kier molecular flexibility index (Phi) is 9.90. The van der Waals surface area contributed by atoms with Crippen LogP contribution in [0.3, 0.4) is 0 Å². The van der Waals surface area contributed by atoms with E-state index in [0.29, 0.717) is 79.8 Å². The Hall–Kier alpha value is -5.73. The number of amides is 5. The van der Waals surface area contributed by atoms with Crippen molar-refractivity contribution in [3.63, 3.8) is 0 Å². The number of aromatic nitrogens is 3. The fourth-order valence-corrected chi connectivity index (χ4v) is 7.77. The largest absolute Gasteiger partial charge is 0.496 e. The number of nitrogens with one attached hydrogen (secondary N) is 3. The molecule has 1 unspecified atom stereocenters. The van der Waals surface area contributed by atoms with Crippen LogP contribution in [-0.2, 0) is 16.6 Å². The molecule has 3 aliphatic rings. The number of halogens is 1. The number of rotatable bonds is 7. The molecule has 0 bridgehead atoms. The zero-order chi connectivity index (χ0) is 37.4. The van der Waals surface area contributed by atoms with E-state index in [1.165, 1.54) is 29.5 Å². The molecule has 5 heterocycles. The maximum absolute atomic E-state index is 15.8. The minimum Gasteiger partial charge on any atom is -0.496 e. The second-order valence-electron chi connectivity index (χ2n) is 14.1. The lowest BCUT2D eigenvalue weighted by Gasteiger charge is -2.40. The van der Waals surface area contributed by atoms with Crippen LogP contribution < -0.4 is 20.9 Å². The highest BCUT2D eigenvalue weighted by molar-refractivity contribution is 6.01. The number of hydrogen-bond donors (Lipinski definition) is 3. The molecule has 15 heteroatoms. The SMILES string of the molecule is COc1cc(-c2cn(C)c(=O)c3[nH]ncc23)cc(F)c1C(=O)N1CCC(N(C)C(=O)N2CCC(c3ccc(NC4CCC(=O)NC4=O)cc3)CC2)CC1. The molecule has 3 saturated heterocycles. The lowest BCUT2D eigenvalue weighted by atomic mass is 9.89. The number of anilines is 1. The molecule has 3 N–H and O–H groups in total. The number of benzene rings is 2. The van der Waals surface area contributed by atoms with Crippen molar-refractivity contribution in [2.45, 2.75) is 56.5 Å². The van der Waals surface area contributed by atoms with Gasteiger partial charge in [0.15, 0.2) is 0 Å². The first-order valence-electron chi connectivity index (χ1n) is 17.9. The van der Waals surface area contributed by atoms with Crippen molar-refractivity contribution in [2.75, 3.05) is 45.7 Å². The molecule has 5 amide bonds. The quantitative estimate of drug-likeness (QED) is 0.242. The van der Waals surface area contributed by atoms with E-state index in [4.69, 9.17) is 4.74 Å².